The molecule has 0 fully saturated rings. The van der Waals surface area contributed by atoms with Crippen LogP contribution in [0, 0.1) is 0 Å². The van der Waals surface area contributed by atoms with E-state index in [9.17, 15) is 4.79 Å². The van der Waals surface area contributed by atoms with Crippen LogP contribution in [0.25, 0.3) is 5.69 Å². The molecular weight excluding hydrogens is 348 g/mol. The minimum atomic E-state index is 0.0603. The van der Waals surface area contributed by atoms with E-state index in [-0.39, 0.29) is 5.91 Å². The maximum atomic E-state index is 12.4. The fourth-order valence-electron chi connectivity index (χ4n) is 3.81. The van der Waals surface area contributed by atoms with Gasteiger partial charge in [-0.1, -0.05) is 24.3 Å². The van der Waals surface area contributed by atoms with Crippen LogP contribution in [0.5, 0.6) is 0 Å². The lowest BCUT2D eigenvalue weighted by molar-refractivity contribution is -0.116. The van der Waals surface area contributed by atoms with Crippen molar-refractivity contribution >= 4 is 11.6 Å². The number of carbonyl (C=O) groups is 1. The lowest BCUT2D eigenvalue weighted by Gasteiger charge is -2.18. The number of amides is 1. The average molecular weight is 374 g/mol. The number of nitrogens with one attached hydrogen (secondary N) is 1. The number of anilines is 1. The lowest BCUT2D eigenvalue weighted by Crippen LogP contribution is -2.24. The van der Waals surface area contributed by atoms with Gasteiger partial charge in [-0.15, -0.1) is 0 Å². The zero-order valence-electron chi connectivity index (χ0n) is 16.3. The van der Waals surface area contributed by atoms with Gasteiger partial charge in [-0.2, -0.15) is 5.10 Å². The Kier molecular flexibility index (Phi) is 5.53. The summed E-state index contributed by atoms with van der Waals surface area (Å²) in [7, 11) is 2.04. The highest BCUT2D eigenvalue weighted by Gasteiger charge is 2.13. The van der Waals surface area contributed by atoms with Gasteiger partial charge in [0.15, 0.2) is 0 Å². The highest BCUT2D eigenvalue weighted by molar-refractivity contribution is 5.91. The predicted molar refractivity (Wildman–Crippen MR) is 112 cm³/mol. The summed E-state index contributed by atoms with van der Waals surface area (Å²) in [5, 5.41) is 7.38. The van der Waals surface area contributed by atoms with E-state index in [1.165, 1.54) is 23.1 Å². The van der Waals surface area contributed by atoms with Crippen LogP contribution in [-0.2, 0) is 24.2 Å². The second-order valence-corrected chi connectivity index (χ2v) is 7.45. The van der Waals surface area contributed by atoms with E-state index in [4.69, 9.17) is 0 Å². The number of hydrogen-bond acceptors (Lipinski definition) is 3. The molecule has 0 unspecified atom stereocenters. The van der Waals surface area contributed by atoms with Crippen molar-refractivity contribution in [3.8, 4) is 5.69 Å². The van der Waals surface area contributed by atoms with Crippen LogP contribution in [0.2, 0.25) is 0 Å². The number of aryl methyl sites for hydroxylation is 2. The minimum Gasteiger partial charge on any atom is -0.326 e. The lowest BCUT2D eigenvalue weighted by atomic mass is 10.1. The molecule has 0 aliphatic heterocycles. The number of para-hydroxylation sites is 1. The van der Waals surface area contributed by atoms with Gasteiger partial charge >= 0.3 is 0 Å². The molecule has 4 rings (SSSR count). The third-order valence-corrected chi connectivity index (χ3v) is 5.29. The van der Waals surface area contributed by atoms with Crippen LogP contribution >= 0.6 is 0 Å². The van der Waals surface area contributed by atoms with E-state index in [2.05, 4.69) is 39.6 Å². The molecule has 1 aliphatic carbocycles. The van der Waals surface area contributed by atoms with Crippen molar-refractivity contribution in [1.82, 2.24) is 14.7 Å². The summed E-state index contributed by atoms with van der Waals surface area (Å²) in [6, 6.07) is 16.5. The Hall–Kier alpha value is -2.92. The number of rotatable bonds is 7. The first-order valence-corrected chi connectivity index (χ1v) is 9.87. The topological polar surface area (TPSA) is 50.2 Å². The molecule has 1 N–H and O–H groups in total. The average Bonchev–Trinajstić information content (AvgIpc) is 3.38. The second kappa shape index (κ2) is 8.40. The standard InChI is InChI=1S/C23H26N4O/c1-26(17-20-6-2-3-9-22(20)27-14-5-13-24-27)15-12-23(28)25-21-11-10-18-7-4-8-19(18)16-21/h2-3,5-6,9-11,13-14,16H,4,7-8,12,15,17H2,1H3,(H,25,28). The summed E-state index contributed by atoms with van der Waals surface area (Å²) in [4.78, 5) is 14.5. The maximum Gasteiger partial charge on any atom is 0.225 e. The summed E-state index contributed by atoms with van der Waals surface area (Å²) >= 11 is 0. The minimum absolute atomic E-state index is 0.0603. The first-order chi connectivity index (χ1) is 13.7. The van der Waals surface area contributed by atoms with Gasteiger partial charge in [0, 0.05) is 37.6 Å². The normalized spacial score (nSPS) is 12.9. The Balaban J connectivity index is 1.31. The van der Waals surface area contributed by atoms with Gasteiger partial charge in [0.1, 0.15) is 0 Å². The van der Waals surface area contributed by atoms with Gasteiger partial charge in [0.05, 0.1) is 5.69 Å². The van der Waals surface area contributed by atoms with Crippen molar-refractivity contribution in [1.29, 1.82) is 0 Å². The van der Waals surface area contributed by atoms with Crippen LogP contribution in [0.4, 0.5) is 5.69 Å². The smallest absolute Gasteiger partial charge is 0.225 e. The Morgan fingerprint density at radius 3 is 2.86 bits per heavy atom. The Bertz CT molecular complexity index is 949. The van der Waals surface area contributed by atoms with Gasteiger partial charge in [-0.25, -0.2) is 4.68 Å². The molecule has 1 heterocycles. The van der Waals surface area contributed by atoms with Crippen molar-refractivity contribution in [2.75, 3.05) is 18.9 Å². The highest BCUT2D eigenvalue weighted by Crippen LogP contribution is 2.25. The zero-order valence-corrected chi connectivity index (χ0v) is 16.3. The van der Waals surface area contributed by atoms with Gasteiger partial charge in [-0.05, 0) is 67.3 Å². The molecule has 28 heavy (non-hydrogen) atoms. The van der Waals surface area contributed by atoms with Gasteiger partial charge in [-0.3, -0.25) is 4.79 Å². The van der Waals surface area contributed by atoms with Crippen LogP contribution < -0.4 is 5.32 Å². The Morgan fingerprint density at radius 1 is 1.14 bits per heavy atom. The van der Waals surface area contributed by atoms with Crippen molar-refractivity contribution in [3.05, 3.63) is 77.6 Å². The van der Waals surface area contributed by atoms with Crippen molar-refractivity contribution in [2.24, 2.45) is 0 Å². The quantitative estimate of drug-likeness (QED) is 0.684. The molecule has 1 amide bonds. The van der Waals surface area contributed by atoms with Gasteiger partial charge < -0.3 is 10.2 Å². The van der Waals surface area contributed by atoms with Crippen LogP contribution in [-0.4, -0.2) is 34.2 Å². The fourth-order valence-corrected chi connectivity index (χ4v) is 3.81. The molecule has 3 aromatic rings. The van der Waals surface area contributed by atoms with Gasteiger partial charge in [0.25, 0.3) is 0 Å². The van der Waals surface area contributed by atoms with E-state index < -0.39 is 0 Å². The summed E-state index contributed by atoms with van der Waals surface area (Å²) in [6.07, 6.45) is 7.70. The number of carbonyl (C=O) groups excluding carboxylic acids is 1. The van der Waals surface area contributed by atoms with Crippen molar-refractivity contribution < 1.29 is 4.79 Å². The highest BCUT2D eigenvalue weighted by atomic mass is 16.1. The van der Waals surface area contributed by atoms with E-state index in [1.807, 2.05) is 42.2 Å². The van der Waals surface area contributed by atoms with E-state index in [1.54, 1.807) is 6.20 Å². The Labute approximate surface area is 166 Å². The maximum absolute atomic E-state index is 12.4. The molecule has 5 heteroatoms. The second-order valence-electron chi connectivity index (χ2n) is 7.45. The third kappa shape index (κ3) is 4.31. The molecule has 0 saturated carbocycles. The molecule has 0 radical (unpaired) electrons. The largest absolute Gasteiger partial charge is 0.326 e. The van der Waals surface area contributed by atoms with Crippen LogP contribution in [0.1, 0.15) is 29.5 Å². The molecule has 5 nitrogen and oxygen atoms in total. The molecule has 1 aliphatic rings. The van der Waals surface area contributed by atoms with Crippen LogP contribution in [0.3, 0.4) is 0 Å². The number of fused-ring (bicyclic) bond motifs is 1. The van der Waals surface area contributed by atoms with E-state index in [0.29, 0.717) is 13.0 Å². The fraction of sp³-hybridized carbons (Fsp3) is 0.304. The first kappa shape index (κ1) is 18.4. The van der Waals surface area contributed by atoms with Crippen molar-refractivity contribution in [2.45, 2.75) is 32.2 Å². The SMILES string of the molecule is CN(CCC(=O)Nc1ccc2c(c1)CCC2)Cc1ccccc1-n1cccn1. The Morgan fingerprint density at radius 2 is 2.00 bits per heavy atom. The first-order valence-electron chi connectivity index (χ1n) is 9.87. The third-order valence-electron chi connectivity index (χ3n) is 5.29. The summed E-state index contributed by atoms with van der Waals surface area (Å²) in [5.74, 6) is 0.0603. The van der Waals surface area contributed by atoms with E-state index in [0.717, 1.165) is 30.8 Å². The van der Waals surface area contributed by atoms with Crippen LogP contribution in [0.15, 0.2) is 60.9 Å². The predicted octanol–water partition coefficient (Wildman–Crippen LogP) is 3.82. The summed E-state index contributed by atoms with van der Waals surface area (Å²) < 4.78 is 1.88. The molecule has 0 bridgehead atoms. The molecule has 144 valence electrons. The number of aromatic nitrogens is 2. The number of nitrogens with zero attached hydrogens (tertiary/aromatic N) is 3. The molecular formula is C23H26N4O. The monoisotopic (exact) mass is 374 g/mol. The molecule has 0 spiro atoms. The molecule has 2 aromatic carbocycles. The van der Waals surface area contributed by atoms with Gasteiger partial charge in [0.2, 0.25) is 5.91 Å². The van der Waals surface area contributed by atoms with E-state index >= 15 is 0 Å². The van der Waals surface area contributed by atoms with Crippen molar-refractivity contribution in [3.63, 3.8) is 0 Å². The molecule has 0 atom stereocenters. The zero-order chi connectivity index (χ0) is 19.3. The summed E-state index contributed by atoms with van der Waals surface area (Å²) in [5.41, 5.74) is 5.98. The number of hydrogen-bond donors (Lipinski definition) is 1. The summed E-state index contributed by atoms with van der Waals surface area (Å²) in [6.45, 7) is 1.46. The molecule has 0 saturated heterocycles. The molecule has 1 aromatic heterocycles. The number of benzene rings is 2.